The molecule has 4 nitrogen and oxygen atoms in total. The van der Waals surface area contributed by atoms with Crippen molar-refractivity contribution in [1.29, 1.82) is 0 Å². The number of hydrogen-bond acceptors (Lipinski definition) is 3. The van der Waals surface area contributed by atoms with Gasteiger partial charge in [-0.15, -0.1) is 0 Å². The summed E-state index contributed by atoms with van der Waals surface area (Å²) in [6, 6.07) is 6.05. The Hall–Kier alpha value is -1.55. The molecule has 0 heterocycles. The molecule has 21 heavy (non-hydrogen) atoms. The number of aliphatic hydroxyl groups is 1. The maximum Gasteiger partial charge on any atom is 0.223 e. The fourth-order valence-electron chi connectivity index (χ4n) is 2.71. The number of amides is 1. The summed E-state index contributed by atoms with van der Waals surface area (Å²) in [5, 5.41) is 12.6. The molecule has 0 radical (unpaired) electrons. The van der Waals surface area contributed by atoms with E-state index in [-0.39, 0.29) is 17.9 Å². The van der Waals surface area contributed by atoms with Gasteiger partial charge in [0, 0.05) is 12.5 Å². The molecule has 2 N–H and O–H groups in total. The monoisotopic (exact) mass is 291 g/mol. The van der Waals surface area contributed by atoms with Gasteiger partial charge in [0.2, 0.25) is 5.91 Å². The van der Waals surface area contributed by atoms with Gasteiger partial charge in [0.1, 0.15) is 5.75 Å². The third-order valence-electron chi connectivity index (χ3n) is 4.11. The molecule has 0 spiro atoms. The molecule has 1 aromatic carbocycles. The van der Waals surface area contributed by atoms with E-state index >= 15 is 0 Å². The minimum absolute atomic E-state index is 0.0144. The van der Waals surface area contributed by atoms with Crippen LogP contribution in [0, 0.1) is 19.8 Å². The van der Waals surface area contributed by atoms with Gasteiger partial charge in [-0.3, -0.25) is 4.79 Å². The van der Waals surface area contributed by atoms with E-state index in [2.05, 4.69) is 5.32 Å². The van der Waals surface area contributed by atoms with E-state index in [1.165, 1.54) is 0 Å². The van der Waals surface area contributed by atoms with Crippen LogP contribution in [0.15, 0.2) is 18.2 Å². The van der Waals surface area contributed by atoms with Crippen LogP contribution < -0.4 is 10.1 Å². The van der Waals surface area contributed by atoms with Gasteiger partial charge in [-0.05, 0) is 43.9 Å². The van der Waals surface area contributed by atoms with Crippen LogP contribution in [0.4, 0.5) is 0 Å². The number of carbonyl (C=O) groups is 1. The van der Waals surface area contributed by atoms with Crippen molar-refractivity contribution in [3.05, 3.63) is 29.3 Å². The van der Waals surface area contributed by atoms with Gasteiger partial charge in [-0.25, -0.2) is 0 Å². The van der Waals surface area contributed by atoms with E-state index < -0.39 is 0 Å². The molecular formula is C17H25NO3. The minimum Gasteiger partial charge on any atom is -0.493 e. The molecule has 0 bridgehead atoms. The Labute approximate surface area is 126 Å². The summed E-state index contributed by atoms with van der Waals surface area (Å²) in [6.45, 7) is 4.97. The van der Waals surface area contributed by atoms with Crippen molar-refractivity contribution in [1.82, 2.24) is 5.32 Å². The fraction of sp³-hybridized carbons (Fsp3) is 0.588. The third-order valence-corrected chi connectivity index (χ3v) is 4.11. The molecule has 1 aliphatic rings. The Morgan fingerprint density at radius 1 is 1.38 bits per heavy atom. The van der Waals surface area contributed by atoms with Crippen LogP contribution in [-0.4, -0.2) is 30.3 Å². The van der Waals surface area contributed by atoms with Gasteiger partial charge >= 0.3 is 0 Å². The summed E-state index contributed by atoms with van der Waals surface area (Å²) in [5.74, 6) is 1.04. The molecule has 4 heteroatoms. The second-order valence-corrected chi connectivity index (χ2v) is 5.93. The average Bonchev–Trinajstić information content (AvgIpc) is 2.86. The van der Waals surface area contributed by atoms with Crippen molar-refractivity contribution in [2.75, 3.05) is 13.2 Å². The zero-order valence-electron chi connectivity index (χ0n) is 12.9. The smallest absolute Gasteiger partial charge is 0.223 e. The highest BCUT2D eigenvalue weighted by Crippen LogP contribution is 2.24. The molecule has 2 atom stereocenters. The summed E-state index contributed by atoms with van der Waals surface area (Å²) in [7, 11) is 0. The molecule has 2 unspecified atom stereocenters. The summed E-state index contributed by atoms with van der Waals surface area (Å²) in [6.07, 6.45) is 3.00. The summed E-state index contributed by atoms with van der Waals surface area (Å²) < 4.78 is 5.67. The van der Waals surface area contributed by atoms with Crippen LogP contribution in [0.3, 0.4) is 0 Å². The van der Waals surface area contributed by atoms with Crippen molar-refractivity contribution in [2.24, 2.45) is 5.92 Å². The Morgan fingerprint density at radius 2 is 2.19 bits per heavy atom. The molecule has 1 aliphatic carbocycles. The topological polar surface area (TPSA) is 58.6 Å². The normalized spacial score (nSPS) is 21.3. The number of ether oxygens (including phenoxy) is 1. The van der Waals surface area contributed by atoms with E-state index in [0.29, 0.717) is 19.6 Å². The van der Waals surface area contributed by atoms with Gasteiger partial charge in [0.15, 0.2) is 0 Å². The SMILES string of the molecule is Cc1ccc(C)c(OCCC(=O)NCC2CCCC2O)c1. The lowest BCUT2D eigenvalue weighted by Gasteiger charge is -2.15. The lowest BCUT2D eigenvalue weighted by Crippen LogP contribution is -2.33. The third kappa shape index (κ3) is 4.74. The highest BCUT2D eigenvalue weighted by atomic mass is 16.5. The second-order valence-electron chi connectivity index (χ2n) is 5.93. The molecule has 1 fully saturated rings. The average molecular weight is 291 g/mol. The van der Waals surface area contributed by atoms with E-state index in [9.17, 15) is 9.90 Å². The molecule has 0 saturated heterocycles. The van der Waals surface area contributed by atoms with Crippen LogP contribution in [0.25, 0.3) is 0 Å². The van der Waals surface area contributed by atoms with E-state index in [4.69, 9.17) is 4.74 Å². The van der Waals surface area contributed by atoms with Gasteiger partial charge in [0.25, 0.3) is 0 Å². The zero-order valence-corrected chi connectivity index (χ0v) is 12.9. The van der Waals surface area contributed by atoms with E-state index in [1.807, 2.05) is 32.0 Å². The number of hydrogen-bond donors (Lipinski definition) is 2. The van der Waals surface area contributed by atoms with Crippen molar-refractivity contribution in [3.8, 4) is 5.75 Å². The predicted molar refractivity (Wildman–Crippen MR) is 82.4 cm³/mol. The van der Waals surface area contributed by atoms with Crippen molar-refractivity contribution >= 4 is 5.91 Å². The Bertz CT molecular complexity index is 487. The van der Waals surface area contributed by atoms with Crippen molar-refractivity contribution < 1.29 is 14.6 Å². The molecule has 1 saturated carbocycles. The maximum atomic E-state index is 11.8. The lowest BCUT2D eigenvalue weighted by molar-refractivity contribution is -0.121. The predicted octanol–water partition coefficient (Wildman–Crippen LogP) is 2.35. The van der Waals surface area contributed by atoms with E-state index in [0.717, 1.165) is 36.1 Å². The standard InChI is InChI=1S/C17H25NO3/c1-12-6-7-13(2)16(10-12)21-9-8-17(20)18-11-14-4-3-5-15(14)19/h6-7,10,14-15,19H,3-5,8-9,11H2,1-2H3,(H,18,20). The second kappa shape index (κ2) is 7.46. The first-order valence-electron chi connectivity index (χ1n) is 7.71. The lowest BCUT2D eigenvalue weighted by atomic mass is 10.1. The van der Waals surface area contributed by atoms with Crippen LogP contribution in [0.2, 0.25) is 0 Å². The summed E-state index contributed by atoms with van der Waals surface area (Å²) in [5.41, 5.74) is 2.23. The van der Waals surface area contributed by atoms with Crippen LogP contribution in [-0.2, 0) is 4.79 Å². The maximum absolute atomic E-state index is 11.8. The molecule has 1 amide bonds. The summed E-state index contributed by atoms with van der Waals surface area (Å²) >= 11 is 0. The van der Waals surface area contributed by atoms with Gasteiger partial charge in [-0.2, -0.15) is 0 Å². The van der Waals surface area contributed by atoms with Gasteiger partial charge < -0.3 is 15.2 Å². The van der Waals surface area contributed by atoms with Crippen LogP contribution in [0.5, 0.6) is 5.75 Å². The van der Waals surface area contributed by atoms with E-state index in [1.54, 1.807) is 0 Å². The molecule has 1 aromatic rings. The Kier molecular flexibility index (Phi) is 5.62. The quantitative estimate of drug-likeness (QED) is 0.846. The number of benzene rings is 1. The first kappa shape index (κ1) is 15.8. The number of rotatable bonds is 6. The highest BCUT2D eigenvalue weighted by Gasteiger charge is 2.25. The Morgan fingerprint density at radius 3 is 2.90 bits per heavy atom. The van der Waals surface area contributed by atoms with Crippen molar-refractivity contribution in [2.45, 2.75) is 45.6 Å². The number of aryl methyl sites for hydroxylation is 2. The van der Waals surface area contributed by atoms with Gasteiger partial charge in [-0.1, -0.05) is 18.6 Å². The molecule has 0 aliphatic heterocycles. The number of aliphatic hydroxyl groups excluding tert-OH is 1. The largest absolute Gasteiger partial charge is 0.493 e. The molecule has 116 valence electrons. The van der Waals surface area contributed by atoms with Gasteiger partial charge in [0.05, 0.1) is 19.1 Å². The first-order valence-corrected chi connectivity index (χ1v) is 7.71. The molecular weight excluding hydrogens is 266 g/mol. The van der Waals surface area contributed by atoms with Crippen LogP contribution in [0.1, 0.15) is 36.8 Å². The first-order chi connectivity index (χ1) is 10.1. The zero-order chi connectivity index (χ0) is 15.2. The summed E-state index contributed by atoms with van der Waals surface area (Å²) in [4.78, 5) is 11.8. The molecule has 2 rings (SSSR count). The Balaban J connectivity index is 1.68. The minimum atomic E-state index is -0.253. The highest BCUT2D eigenvalue weighted by molar-refractivity contribution is 5.76. The fourth-order valence-corrected chi connectivity index (χ4v) is 2.71. The number of nitrogens with one attached hydrogen (secondary N) is 1. The van der Waals surface area contributed by atoms with Crippen molar-refractivity contribution in [3.63, 3.8) is 0 Å². The van der Waals surface area contributed by atoms with Crippen LogP contribution >= 0.6 is 0 Å². The molecule has 0 aromatic heterocycles. The number of carbonyl (C=O) groups excluding carboxylic acids is 1.